The number of hydrogen-bond donors (Lipinski definition) is 3. The fraction of sp³-hybridized carbons (Fsp3) is 0. The summed E-state index contributed by atoms with van der Waals surface area (Å²) in [6, 6.07) is 5.78. The predicted octanol–water partition coefficient (Wildman–Crippen LogP) is 0.917. The van der Waals surface area contributed by atoms with E-state index in [2.05, 4.69) is 9.97 Å². The van der Waals surface area contributed by atoms with Crippen LogP contribution in [0.2, 0.25) is 0 Å². The lowest BCUT2D eigenvalue weighted by Gasteiger charge is -2.02. The Morgan fingerprint density at radius 2 is 2.06 bits per heavy atom. The molecule has 2 aromatic rings. The van der Waals surface area contributed by atoms with E-state index >= 15 is 0 Å². The number of anilines is 1. The highest BCUT2D eigenvalue weighted by molar-refractivity contribution is 5.93. The lowest BCUT2D eigenvalue weighted by atomic mass is 10.3. The number of nitrogens with zero attached hydrogens (tertiary/aromatic N) is 1. The fourth-order valence-corrected chi connectivity index (χ4v) is 1.14. The Bertz CT molecular complexity index is 504. The number of nitrogen functional groups attached to an aromatic ring is 1. The molecule has 0 saturated carbocycles. The average Bonchev–Trinajstić information content (AvgIpc) is 2.68. The van der Waals surface area contributed by atoms with Crippen LogP contribution in [0.3, 0.4) is 0 Å². The molecule has 0 bridgehead atoms. The third-order valence-corrected chi connectivity index (χ3v) is 1.92. The lowest BCUT2D eigenvalue weighted by Crippen LogP contribution is -2.11. The van der Waals surface area contributed by atoms with Crippen molar-refractivity contribution in [3.63, 3.8) is 0 Å². The summed E-state index contributed by atoms with van der Waals surface area (Å²) in [6.07, 6.45) is 1.31. The van der Waals surface area contributed by atoms with Crippen LogP contribution in [0, 0.1) is 0 Å². The Morgan fingerprint density at radius 1 is 1.38 bits per heavy atom. The van der Waals surface area contributed by atoms with Crippen LogP contribution in [0.15, 0.2) is 30.6 Å². The number of esters is 1. The topological polar surface area (TPSA) is 101 Å². The van der Waals surface area contributed by atoms with Gasteiger partial charge < -0.3 is 20.6 Å². The van der Waals surface area contributed by atoms with Crippen LogP contribution in [0.1, 0.15) is 10.5 Å². The Kier molecular flexibility index (Phi) is 2.47. The SMILES string of the molecule is Nc1nc[nH]c1C(=O)Oc1ccc(O)cc1. The maximum atomic E-state index is 11.5. The highest BCUT2D eigenvalue weighted by Gasteiger charge is 2.14. The summed E-state index contributed by atoms with van der Waals surface area (Å²) < 4.78 is 4.99. The number of rotatable bonds is 2. The molecule has 1 aromatic heterocycles. The monoisotopic (exact) mass is 219 g/mol. The fourth-order valence-electron chi connectivity index (χ4n) is 1.14. The number of carbonyl (C=O) groups excluding carboxylic acids is 1. The van der Waals surface area contributed by atoms with Crippen LogP contribution >= 0.6 is 0 Å². The van der Waals surface area contributed by atoms with E-state index in [0.29, 0.717) is 5.75 Å². The predicted molar refractivity (Wildman–Crippen MR) is 56.1 cm³/mol. The molecule has 1 heterocycles. The largest absolute Gasteiger partial charge is 0.508 e. The van der Waals surface area contributed by atoms with Crippen molar-refractivity contribution < 1.29 is 14.6 Å². The van der Waals surface area contributed by atoms with E-state index in [0.717, 1.165) is 0 Å². The Hall–Kier alpha value is -2.50. The van der Waals surface area contributed by atoms with Crippen molar-refractivity contribution in [3.8, 4) is 11.5 Å². The summed E-state index contributed by atoms with van der Waals surface area (Å²) in [6.45, 7) is 0. The number of imidazole rings is 1. The molecule has 1 aromatic carbocycles. The number of ether oxygens (including phenoxy) is 1. The van der Waals surface area contributed by atoms with E-state index in [1.807, 2.05) is 0 Å². The summed E-state index contributed by atoms with van der Waals surface area (Å²) in [5.74, 6) is -0.123. The van der Waals surface area contributed by atoms with Gasteiger partial charge in [0, 0.05) is 0 Å². The van der Waals surface area contributed by atoms with Gasteiger partial charge in [0.15, 0.2) is 11.5 Å². The average molecular weight is 219 g/mol. The van der Waals surface area contributed by atoms with Gasteiger partial charge in [-0.3, -0.25) is 0 Å². The number of aromatic amines is 1. The van der Waals surface area contributed by atoms with Crippen molar-refractivity contribution in [3.05, 3.63) is 36.3 Å². The Balaban J connectivity index is 2.14. The molecule has 0 spiro atoms. The zero-order valence-corrected chi connectivity index (χ0v) is 8.18. The zero-order valence-electron chi connectivity index (χ0n) is 8.18. The molecule has 0 unspecified atom stereocenters. The van der Waals surface area contributed by atoms with Gasteiger partial charge >= 0.3 is 5.97 Å². The van der Waals surface area contributed by atoms with Gasteiger partial charge in [0.1, 0.15) is 11.5 Å². The van der Waals surface area contributed by atoms with Gasteiger partial charge in [-0.25, -0.2) is 9.78 Å². The minimum atomic E-state index is -0.624. The lowest BCUT2D eigenvalue weighted by molar-refractivity contribution is 0.0730. The van der Waals surface area contributed by atoms with Gasteiger partial charge in [0.05, 0.1) is 6.33 Å². The third kappa shape index (κ3) is 1.95. The van der Waals surface area contributed by atoms with Crippen molar-refractivity contribution in [2.45, 2.75) is 0 Å². The number of carbonyl (C=O) groups is 1. The number of phenolic OH excluding ortho intramolecular Hbond substituents is 1. The number of H-pyrrole nitrogens is 1. The van der Waals surface area contributed by atoms with Gasteiger partial charge in [-0.05, 0) is 24.3 Å². The van der Waals surface area contributed by atoms with Crippen LogP contribution in [-0.2, 0) is 0 Å². The molecule has 82 valence electrons. The molecule has 0 fully saturated rings. The number of benzene rings is 1. The van der Waals surface area contributed by atoms with E-state index < -0.39 is 5.97 Å². The quantitative estimate of drug-likeness (QED) is 0.515. The molecule has 0 radical (unpaired) electrons. The van der Waals surface area contributed by atoms with Crippen LogP contribution in [0.4, 0.5) is 5.82 Å². The molecule has 0 aliphatic heterocycles. The first-order valence-corrected chi connectivity index (χ1v) is 4.47. The summed E-state index contributed by atoms with van der Waals surface area (Å²) in [7, 11) is 0. The van der Waals surface area contributed by atoms with Crippen molar-refractivity contribution in [2.75, 3.05) is 5.73 Å². The van der Waals surface area contributed by atoms with E-state index in [1.165, 1.54) is 30.6 Å². The molecule has 4 N–H and O–H groups in total. The molecular weight excluding hydrogens is 210 g/mol. The molecule has 6 heteroatoms. The second kappa shape index (κ2) is 3.93. The Labute approximate surface area is 90.7 Å². The number of nitrogens with one attached hydrogen (secondary N) is 1. The van der Waals surface area contributed by atoms with Gasteiger partial charge in [0.2, 0.25) is 0 Å². The van der Waals surface area contributed by atoms with Gasteiger partial charge in [-0.2, -0.15) is 0 Å². The zero-order chi connectivity index (χ0) is 11.5. The van der Waals surface area contributed by atoms with Crippen LogP contribution in [0.25, 0.3) is 0 Å². The maximum absolute atomic E-state index is 11.5. The van der Waals surface area contributed by atoms with E-state index in [9.17, 15) is 4.79 Å². The van der Waals surface area contributed by atoms with Gasteiger partial charge in [0.25, 0.3) is 0 Å². The number of aromatic hydroxyl groups is 1. The molecule has 0 amide bonds. The van der Waals surface area contributed by atoms with E-state index in [-0.39, 0.29) is 17.3 Å². The molecule has 6 nitrogen and oxygen atoms in total. The molecule has 2 rings (SSSR count). The second-order valence-electron chi connectivity index (χ2n) is 3.05. The molecule has 0 atom stereocenters. The molecule has 0 saturated heterocycles. The second-order valence-corrected chi connectivity index (χ2v) is 3.05. The third-order valence-electron chi connectivity index (χ3n) is 1.92. The molecular formula is C10H9N3O3. The molecule has 0 aliphatic rings. The highest BCUT2D eigenvalue weighted by atomic mass is 16.5. The van der Waals surface area contributed by atoms with Crippen LogP contribution < -0.4 is 10.5 Å². The minimum absolute atomic E-state index is 0.0868. The van der Waals surface area contributed by atoms with E-state index in [4.69, 9.17) is 15.6 Å². The van der Waals surface area contributed by atoms with Crippen LogP contribution in [-0.4, -0.2) is 21.0 Å². The first-order valence-electron chi connectivity index (χ1n) is 4.47. The Morgan fingerprint density at radius 3 is 2.62 bits per heavy atom. The first-order chi connectivity index (χ1) is 7.66. The summed E-state index contributed by atoms with van der Waals surface area (Å²) in [5, 5.41) is 9.04. The van der Waals surface area contributed by atoms with Gasteiger partial charge in [-0.1, -0.05) is 0 Å². The molecule has 0 aliphatic carbocycles. The van der Waals surface area contributed by atoms with Gasteiger partial charge in [-0.15, -0.1) is 0 Å². The number of hydrogen-bond acceptors (Lipinski definition) is 5. The highest BCUT2D eigenvalue weighted by Crippen LogP contribution is 2.17. The normalized spacial score (nSPS) is 10.0. The number of nitrogens with two attached hydrogens (primary N) is 1. The standard InChI is InChI=1S/C10H9N3O3/c11-9-8(12-5-13-9)10(15)16-7-3-1-6(14)2-4-7/h1-5,14H,11H2,(H,12,13). The summed E-state index contributed by atoms with van der Waals surface area (Å²) in [4.78, 5) is 17.8. The van der Waals surface area contributed by atoms with Crippen molar-refractivity contribution in [2.24, 2.45) is 0 Å². The van der Waals surface area contributed by atoms with Crippen molar-refractivity contribution in [1.29, 1.82) is 0 Å². The minimum Gasteiger partial charge on any atom is -0.508 e. The van der Waals surface area contributed by atoms with E-state index in [1.54, 1.807) is 0 Å². The van der Waals surface area contributed by atoms with Crippen molar-refractivity contribution >= 4 is 11.8 Å². The summed E-state index contributed by atoms with van der Waals surface area (Å²) in [5.41, 5.74) is 5.54. The first kappa shape index (κ1) is 10.0. The number of aromatic nitrogens is 2. The molecule has 16 heavy (non-hydrogen) atoms. The summed E-state index contributed by atoms with van der Waals surface area (Å²) >= 11 is 0. The maximum Gasteiger partial charge on any atom is 0.364 e. The van der Waals surface area contributed by atoms with Crippen LogP contribution in [0.5, 0.6) is 11.5 Å². The number of phenols is 1. The smallest absolute Gasteiger partial charge is 0.364 e. The van der Waals surface area contributed by atoms with Crippen molar-refractivity contribution in [1.82, 2.24) is 9.97 Å².